The SMILES string of the molecule is COc1cccc(C(=O)Nc2cc(-c3nc4cc(C)cc(C)c4o3)ccc2C)c1. The van der Waals surface area contributed by atoms with E-state index < -0.39 is 0 Å². The van der Waals surface area contributed by atoms with Crippen molar-refractivity contribution >= 4 is 22.7 Å². The molecule has 1 aromatic heterocycles. The van der Waals surface area contributed by atoms with Crippen molar-refractivity contribution in [2.45, 2.75) is 20.8 Å². The maximum absolute atomic E-state index is 12.7. The van der Waals surface area contributed by atoms with Crippen molar-refractivity contribution in [2.75, 3.05) is 12.4 Å². The molecule has 5 nitrogen and oxygen atoms in total. The van der Waals surface area contributed by atoms with Crippen molar-refractivity contribution in [3.8, 4) is 17.2 Å². The second-order valence-electron chi connectivity index (χ2n) is 7.16. The molecule has 4 aromatic rings. The fourth-order valence-electron chi connectivity index (χ4n) is 3.35. The second-order valence-corrected chi connectivity index (χ2v) is 7.16. The van der Waals surface area contributed by atoms with Crippen LogP contribution in [0.25, 0.3) is 22.6 Å². The first-order chi connectivity index (χ1) is 13.9. The molecule has 146 valence electrons. The van der Waals surface area contributed by atoms with E-state index in [4.69, 9.17) is 9.15 Å². The maximum Gasteiger partial charge on any atom is 0.255 e. The minimum absolute atomic E-state index is 0.201. The molecule has 0 radical (unpaired) electrons. The first-order valence-electron chi connectivity index (χ1n) is 9.39. The van der Waals surface area contributed by atoms with Crippen LogP contribution in [-0.4, -0.2) is 18.0 Å². The van der Waals surface area contributed by atoms with Crippen LogP contribution in [0.1, 0.15) is 27.0 Å². The molecule has 5 heteroatoms. The monoisotopic (exact) mass is 386 g/mol. The Hall–Kier alpha value is -3.60. The summed E-state index contributed by atoms with van der Waals surface area (Å²) in [5, 5.41) is 2.98. The predicted octanol–water partition coefficient (Wildman–Crippen LogP) is 5.68. The first-order valence-corrected chi connectivity index (χ1v) is 9.39. The molecule has 1 amide bonds. The highest BCUT2D eigenvalue weighted by Crippen LogP contribution is 2.30. The van der Waals surface area contributed by atoms with Crippen molar-refractivity contribution in [1.29, 1.82) is 0 Å². The van der Waals surface area contributed by atoms with E-state index in [0.29, 0.717) is 22.9 Å². The summed E-state index contributed by atoms with van der Waals surface area (Å²) in [5.74, 6) is 0.971. The van der Waals surface area contributed by atoms with Gasteiger partial charge in [0.2, 0.25) is 5.89 Å². The number of aromatic nitrogens is 1. The van der Waals surface area contributed by atoms with Crippen molar-refractivity contribution in [1.82, 2.24) is 4.98 Å². The lowest BCUT2D eigenvalue weighted by Crippen LogP contribution is -2.12. The minimum Gasteiger partial charge on any atom is -0.497 e. The van der Waals surface area contributed by atoms with Crippen molar-refractivity contribution in [2.24, 2.45) is 0 Å². The highest BCUT2D eigenvalue weighted by molar-refractivity contribution is 6.05. The van der Waals surface area contributed by atoms with Gasteiger partial charge < -0.3 is 14.5 Å². The molecule has 4 rings (SSSR count). The number of oxazole rings is 1. The van der Waals surface area contributed by atoms with E-state index in [1.54, 1.807) is 31.4 Å². The Balaban J connectivity index is 1.67. The molecule has 0 aliphatic rings. The normalized spacial score (nSPS) is 10.9. The summed E-state index contributed by atoms with van der Waals surface area (Å²) in [4.78, 5) is 17.3. The summed E-state index contributed by atoms with van der Waals surface area (Å²) >= 11 is 0. The molecule has 0 bridgehead atoms. The zero-order valence-electron chi connectivity index (χ0n) is 16.9. The van der Waals surface area contributed by atoms with E-state index in [9.17, 15) is 4.79 Å². The summed E-state index contributed by atoms with van der Waals surface area (Å²) < 4.78 is 11.2. The molecule has 1 N–H and O–H groups in total. The Labute approximate surface area is 169 Å². The summed E-state index contributed by atoms with van der Waals surface area (Å²) in [5.41, 5.74) is 6.82. The Morgan fingerprint density at radius 3 is 2.62 bits per heavy atom. The number of amides is 1. The molecule has 29 heavy (non-hydrogen) atoms. The molecule has 0 aliphatic heterocycles. The van der Waals surface area contributed by atoms with Gasteiger partial charge in [-0.2, -0.15) is 0 Å². The van der Waals surface area contributed by atoms with Crippen LogP contribution in [0, 0.1) is 20.8 Å². The number of methoxy groups -OCH3 is 1. The fourth-order valence-corrected chi connectivity index (χ4v) is 3.35. The molecular weight excluding hydrogens is 364 g/mol. The molecule has 0 fully saturated rings. The van der Waals surface area contributed by atoms with Gasteiger partial charge in [-0.05, 0) is 73.9 Å². The van der Waals surface area contributed by atoms with Gasteiger partial charge in [-0.1, -0.05) is 18.2 Å². The molecule has 0 spiro atoms. The number of nitrogens with one attached hydrogen (secondary N) is 1. The first kappa shape index (κ1) is 18.7. The molecule has 0 atom stereocenters. The van der Waals surface area contributed by atoms with Gasteiger partial charge in [-0.3, -0.25) is 4.79 Å². The third-order valence-corrected chi connectivity index (χ3v) is 4.88. The second kappa shape index (κ2) is 7.43. The molecule has 0 saturated heterocycles. The largest absolute Gasteiger partial charge is 0.497 e. The maximum atomic E-state index is 12.7. The van der Waals surface area contributed by atoms with E-state index in [1.165, 1.54) is 0 Å². The summed E-state index contributed by atoms with van der Waals surface area (Å²) in [6.45, 7) is 6.00. The van der Waals surface area contributed by atoms with E-state index >= 15 is 0 Å². The summed E-state index contributed by atoms with van der Waals surface area (Å²) in [6.07, 6.45) is 0. The van der Waals surface area contributed by atoms with Gasteiger partial charge in [0.25, 0.3) is 5.91 Å². The van der Waals surface area contributed by atoms with Gasteiger partial charge in [0.05, 0.1) is 7.11 Å². The number of ether oxygens (including phenoxy) is 1. The number of anilines is 1. The molecule has 0 saturated carbocycles. The highest BCUT2D eigenvalue weighted by Gasteiger charge is 2.14. The molecule has 0 unspecified atom stereocenters. The summed E-state index contributed by atoms with van der Waals surface area (Å²) in [6, 6.07) is 16.9. The van der Waals surface area contributed by atoms with Gasteiger partial charge in [0.1, 0.15) is 11.3 Å². The van der Waals surface area contributed by atoms with Crippen LogP contribution in [-0.2, 0) is 0 Å². The topological polar surface area (TPSA) is 64.4 Å². The predicted molar refractivity (Wildman–Crippen MR) is 115 cm³/mol. The third-order valence-electron chi connectivity index (χ3n) is 4.88. The third kappa shape index (κ3) is 3.72. The van der Waals surface area contributed by atoms with Gasteiger partial charge in [-0.15, -0.1) is 0 Å². The van der Waals surface area contributed by atoms with Crippen LogP contribution in [0.5, 0.6) is 5.75 Å². The van der Waals surface area contributed by atoms with Crippen LogP contribution < -0.4 is 10.1 Å². The van der Waals surface area contributed by atoms with Crippen molar-refractivity contribution < 1.29 is 13.9 Å². The number of aryl methyl sites for hydroxylation is 3. The smallest absolute Gasteiger partial charge is 0.255 e. The van der Waals surface area contributed by atoms with E-state index in [0.717, 1.165) is 33.4 Å². The van der Waals surface area contributed by atoms with Crippen LogP contribution in [0.3, 0.4) is 0 Å². The number of fused-ring (bicyclic) bond motifs is 1. The van der Waals surface area contributed by atoms with Gasteiger partial charge in [0, 0.05) is 16.8 Å². The number of carbonyl (C=O) groups excluding carboxylic acids is 1. The standard InChI is InChI=1S/C24H22N2O3/c1-14-10-16(3)22-21(11-14)26-24(29-22)18-9-8-15(2)20(13-18)25-23(27)17-6-5-7-19(12-17)28-4/h5-13H,1-4H3,(H,25,27). The number of hydrogen-bond donors (Lipinski definition) is 1. The number of carbonyl (C=O) groups is 1. The lowest BCUT2D eigenvalue weighted by molar-refractivity contribution is 0.102. The lowest BCUT2D eigenvalue weighted by atomic mass is 10.1. The highest BCUT2D eigenvalue weighted by atomic mass is 16.5. The molecule has 0 aliphatic carbocycles. The van der Waals surface area contributed by atoms with Crippen LogP contribution in [0.4, 0.5) is 5.69 Å². The Kier molecular flexibility index (Phi) is 4.80. The average Bonchev–Trinajstić information content (AvgIpc) is 3.14. The number of rotatable bonds is 4. The zero-order chi connectivity index (χ0) is 20.5. The van der Waals surface area contributed by atoms with E-state index in [2.05, 4.69) is 16.4 Å². The van der Waals surface area contributed by atoms with Crippen molar-refractivity contribution in [3.05, 3.63) is 76.9 Å². The lowest BCUT2D eigenvalue weighted by Gasteiger charge is -2.10. The number of hydrogen-bond acceptors (Lipinski definition) is 4. The quantitative estimate of drug-likeness (QED) is 0.490. The Bertz CT molecular complexity index is 1220. The van der Waals surface area contributed by atoms with Crippen LogP contribution in [0.15, 0.2) is 59.0 Å². The van der Waals surface area contributed by atoms with Crippen LogP contribution >= 0.6 is 0 Å². The average molecular weight is 386 g/mol. The minimum atomic E-state index is -0.201. The Morgan fingerprint density at radius 2 is 1.83 bits per heavy atom. The fraction of sp³-hybridized carbons (Fsp3) is 0.167. The number of benzene rings is 3. The number of nitrogens with zero attached hydrogens (tertiary/aromatic N) is 1. The van der Waals surface area contributed by atoms with E-state index in [1.807, 2.05) is 45.0 Å². The van der Waals surface area contributed by atoms with Crippen molar-refractivity contribution in [3.63, 3.8) is 0 Å². The molecule has 3 aromatic carbocycles. The zero-order valence-corrected chi connectivity index (χ0v) is 16.9. The van der Waals surface area contributed by atoms with Gasteiger partial charge in [0.15, 0.2) is 5.58 Å². The van der Waals surface area contributed by atoms with Gasteiger partial charge in [-0.25, -0.2) is 4.98 Å². The molecule has 1 heterocycles. The van der Waals surface area contributed by atoms with Crippen LogP contribution in [0.2, 0.25) is 0 Å². The Morgan fingerprint density at radius 1 is 1.00 bits per heavy atom. The van der Waals surface area contributed by atoms with Gasteiger partial charge >= 0.3 is 0 Å². The van der Waals surface area contributed by atoms with E-state index in [-0.39, 0.29) is 5.91 Å². The molecular formula is C24H22N2O3. The summed E-state index contributed by atoms with van der Waals surface area (Å²) in [7, 11) is 1.58.